The first-order chi connectivity index (χ1) is 13.2. The van der Waals surface area contributed by atoms with Gasteiger partial charge in [0.05, 0.1) is 12.2 Å². The number of thiophene rings is 1. The largest absolute Gasteiger partial charge is 0.462 e. The van der Waals surface area contributed by atoms with Gasteiger partial charge in [-0.3, -0.25) is 0 Å². The molecule has 3 rings (SSSR count). The maximum atomic E-state index is 12.7. The van der Waals surface area contributed by atoms with Gasteiger partial charge in [0.1, 0.15) is 5.00 Å². The highest BCUT2D eigenvalue weighted by Crippen LogP contribution is 2.37. The predicted molar refractivity (Wildman–Crippen MR) is 117 cm³/mol. The Morgan fingerprint density at radius 2 is 1.74 bits per heavy atom. The Labute approximate surface area is 172 Å². The Morgan fingerprint density at radius 3 is 2.44 bits per heavy atom. The van der Waals surface area contributed by atoms with E-state index >= 15 is 0 Å². The van der Waals surface area contributed by atoms with Gasteiger partial charge in [0, 0.05) is 10.9 Å². The number of ether oxygens (including phenoxy) is 1. The van der Waals surface area contributed by atoms with Crippen molar-refractivity contribution in [3.63, 3.8) is 0 Å². The topological polar surface area (TPSA) is 50.4 Å². The van der Waals surface area contributed by atoms with Crippen molar-refractivity contribution >= 4 is 39.6 Å². The fourth-order valence-corrected chi connectivity index (χ4v) is 5.79. The van der Waals surface area contributed by atoms with Crippen LogP contribution in [0.15, 0.2) is 0 Å². The summed E-state index contributed by atoms with van der Waals surface area (Å²) in [4.78, 5) is 14.0. The molecule has 2 aliphatic rings. The first-order valence-corrected chi connectivity index (χ1v) is 11.8. The number of hydrogen-bond acceptors (Lipinski definition) is 4. The Kier molecular flexibility index (Phi) is 7.94. The molecule has 27 heavy (non-hydrogen) atoms. The molecule has 1 aromatic heterocycles. The molecule has 1 aromatic rings. The zero-order chi connectivity index (χ0) is 19.1. The number of esters is 1. The molecule has 0 bridgehead atoms. The van der Waals surface area contributed by atoms with E-state index in [1.807, 2.05) is 6.92 Å². The van der Waals surface area contributed by atoms with E-state index in [-0.39, 0.29) is 5.97 Å². The molecule has 1 heterocycles. The SMILES string of the molecule is CCOC(=O)c1c(NC(=S)NC2CCCCCC2)sc2c1CCCCCC2. The molecule has 0 unspecified atom stereocenters. The number of rotatable bonds is 4. The maximum Gasteiger partial charge on any atom is 0.341 e. The van der Waals surface area contributed by atoms with Crippen molar-refractivity contribution < 1.29 is 9.53 Å². The van der Waals surface area contributed by atoms with E-state index in [0.29, 0.717) is 17.8 Å². The van der Waals surface area contributed by atoms with E-state index in [2.05, 4.69) is 10.6 Å². The summed E-state index contributed by atoms with van der Waals surface area (Å²) in [5.41, 5.74) is 1.92. The average molecular weight is 409 g/mol. The number of hydrogen-bond donors (Lipinski definition) is 2. The third kappa shape index (κ3) is 5.67. The second-order valence-corrected chi connectivity index (χ2v) is 9.14. The molecule has 2 N–H and O–H groups in total. The molecule has 2 aliphatic carbocycles. The summed E-state index contributed by atoms with van der Waals surface area (Å²) >= 11 is 7.29. The van der Waals surface area contributed by atoms with E-state index in [9.17, 15) is 4.79 Å². The summed E-state index contributed by atoms with van der Waals surface area (Å²) in [5.74, 6) is -0.213. The van der Waals surface area contributed by atoms with Crippen molar-refractivity contribution in [1.82, 2.24) is 5.32 Å². The minimum absolute atomic E-state index is 0.213. The highest BCUT2D eigenvalue weighted by molar-refractivity contribution is 7.80. The maximum absolute atomic E-state index is 12.7. The summed E-state index contributed by atoms with van der Waals surface area (Å²) in [7, 11) is 0. The van der Waals surface area contributed by atoms with Crippen LogP contribution >= 0.6 is 23.6 Å². The van der Waals surface area contributed by atoms with Crippen molar-refractivity contribution in [1.29, 1.82) is 0 Å². The smallest absolute Gasteiger partial charge is 0.341 e. The van der Waals surface area contributed by atoms with Gasteiger partial charge < -0.3 is 15.4 Å². The summed E-state index contributed by atoms with van der Waals surface area (Å²) in [5, 5.41) is 8.35. The number of carbonyl (C=O) groups is 1. The molecule has 0 amide bonds. The van der Waals surface area contributed by atoms with E-state index in [4.69, 9.17) is 17.0 Å². The Morgan fingerprint density at radius 1 is 1.07 bits per heavy atom. The molecule has 0 aliphatic heterocycles. The summed E-state index contributed by atoms with van der Waals surface area (Å²) in [6, 6.07) is 0.444. The Bertz CT molecular complexity index is 649. The third-order valence-corrected chi connectivity index (χ3v) is 7.00. The van der Waals surface area contributed by atoms with Crippen LogP contribution in [0.5, 0.6) is 0 Å². The van der Waals surface area contributed by atoms with Crippen LogP contribution in [0.1, 0.15) is 91.9 Å². The minimum atomic E-state index is -0.213. The van der Waals surface area contributed by atoms with Crippen LogP contribution in [-0.2, 0) is 17.6 Å². The van der Waals surface area contributed by atoms with Crippen molar-refractivity contribution in [2.75, 3.05) is 11.9 Å². The average Bonchev–Trinajstić information content (AvgIpc) is 2.79. The molecule has 6 heteroatoms. The minimum Gasteiger partial charge on any atom is -0.462 e. The molecule has 0 atom stereocenters. The monoisotopic (exact) mass is 408 g/mol. The van der Waals surface area contributed by atoms with Gasteiger partial charge >= 0.3 is 5.97 Å². The van der Waals surface area contributed by atoms with Crippen LogP contribution < -0.4 is 10.6 Å². The van der Waals surface area contributed by atoms with E-state index in [0.717, 1.165) is 29.8 Å². The zero-order valence-electron chi connectivity index (χ0n) is 16.4. The summed E-state index contributed by atoms with van der Waals surface area (Å²) < 4.78 is 5.38. The first-order valence-electron chi connectivity index (χ1n) is 10.6. The van der Waals surface area contributed by atoms with Gasteiger partial charge in [-0.1, -0.05) is 38.5 Å². The number of carbonyl (C=O) groups excluding carboxylic acids is 1. The normalized spacial score (nSPS) is 18.6. The third-order valence-electron chi connectivity index (χ3n) is 5.57. The standard InChI is InChI=1S/C21H32N2O2S2/c1-2-25-20(24)18-16-13-9-5-6-10-14-17(16)27-19(18)23-21(26)22-15-11-7-3-4-8-12-15/h15H,2-14H2,1H3,(H2,22,23,26). The lowest BCUT2D eigenvalue weighted by Gasteiger charge is -2.19. The van der Waals surface area contributed by atoms with Crippen molar-refractivity contribution in [3.8, 4) is 0 Å². The highest BCUT2D eigenvalue weighted by Gasteiger charge is 2.26. The number of aryl methyl sites for hydroxylation is 1. The Balaban J connectivity index is 1.77. The van der Waals surface area contributed by atoms with Crippen LogP contribution in [0.4, 0.5) is 5.00 Å². The lowest BCUT2D eigenvalue weighted by Crippen LogP contribution is -2.37. The number of fused-ring (bicyclic) bond motifs is 1. The highest BCUT2D eigenvalue weighted by atomic mass is 32.1. The van der Waals surface area contributed by atoms with E-state index in [1.54, 1.807) is 11.3 Å². The van der Waals surface area contributed by atoms with E-state index < -0.39 is 0 Å². The number of thiocarbonyl (C=S) groups is 1. The van der Waals surface area contributed by atoms with Gasteiger partial charge in [0.2, 0.25) is 0 Å². The molecule has 0 spiro atoms. The number of nitrogens with one attached hydrogen (secondary N) is 2. The number of anilines is 1. The van der Waals surface area contributed by atoms with Gasteiger partial charge in [-0.05, 0) is 63.2 Å². The van der Waals surface area contributed by atoms with Gasteiger partial charge in [0.15, 0.2) is 5.11 Å². The van der Waals surface area contributed by atoms with Gasteiger partial charge in [-0.15, -0.1) is 11.3 Å². The molecule has 150 valence electrons. The summed E-state index contributed by atoms with van der Waals surface area (Å²) in [6.07, 6.45) is 14.4. The Hall–Kier alpha value is -1.14. The van der Waals surface area contributed by atoms with Crippen LogP contribution in [-0.4, -0.2) is 23.7 Å². The van der Waals surface area contributed by atoms with Crippen molar-refractivity contribution in [2.24, 2.45) is 0 Å². The van der Waals surface area contributed by atoms with Gasteiger partial charge in [-0.2, -0.15) is 0 Å². The predicted octanol–water partition coefficient (Wildman–Crippen LogP) is 5.59. The molecule has 0 saturated heterocycles. The quantitative estimate of drug-likeness (QED) is 0.386. The van der Waals surface area contributed by atoms with E-state index in [1.165, 1.54) is 68.2 Å². The van der Waals surface area contributed by atoms with Crippen LogP contribution in [0.3, 0.4) is 0 Å². The lowest BCUT2D eigenvalue weighted by molar-refractivity contribution is 0.0526. The summed E-state index contributed by atoms with van der Waals surface area (Å²) in [6.45, 7) is 2.26. The molecule has 4 nitrogen and oxygen atoms in total. The van der Waals surface area contributed by atoms with Crippen molar-refractivity contribution in [2.45, 2.75) is 90.0 Å². The first kappa shape index (κ1) is 20.6. The fourth-order valence-electron chi connectivity index (χ4n) is 4.17. The fraction of sp³-hybridized carbons (Fsp3) is 0.714. The lowest BCUT2D eigenvalue weighted by atomic mass is 9.96. The molecule has 1 fully saturated rings. The molecular weight excluding hydrogens is 376 g/mol. The molecule has 1 saturated carbocycles. The molecule has 0 aromatic carbocycles. The van der Waals surface area contributed by atoms with Crippen LogP contribution in [0.25, 0.3) is 0 Å². The zero-order valence-corrected chi connectivity index (χ0v) is 18.0. The van der Waals surface area contributed by atoms with Crippen molar-refractivity contribution in [3.05, 3.63) is 16.0 Å². The second kappa shape index (κ2) is 10.4. The molecular formula is C21H32N2O2S2. The second-order valence-electron chi connectivity index (χ2n) is 7.63. The van der Waals surface area contributed by atoms with Gasteiger partial charge in [0.25, 0.3) is 0 Å². The van der Waals surface area contributed by atoms with Gasteiger partial charge in [-0.25, -0.2) is 4.79 Å². The van der Waals surface area contributed by atoms with Crippen LogP contribution in [0.2, 0.25) is 0 Å². The molecule has 0 radical (unpaired) electrons. The van der Waals surface area contributed by atoms with Crippen LogP contribution in [0, 0.1) is 0 Å².